The fourth-order valence-electron chi connectivity index (χ4n) is 4.55. The molecule has 8 heteroatoms. The maximum absolute atomic E-state index is 15.1. The van der Waals surface area contributed by atoms with Crippen LogP contribution in [0.3, 0.4) is 0 Å². The summed E-state index contributed by atoms with van der Waals surface area (Å²) >= 11 is 0. The molecule has 4 rings (SSSR count). The van der Waals surface area contributed by atoms with Gasteiger partial charge in [0.05, 0.1) is 11.1 Å². The summed E-state index contributed by atoms with van der Waals surface area (Å²) in [5.41, 5.74) is 0.895. The molecule has 170 valence electrons. The van der Waals surface area contributed by atoms with Gasteiger partial charge in [0.25, 0.3) is 5.92 Å². The van der Waals surface area contributed by atoms with Crippen molar-refractivity contribution in [1.29, 1.82) is 5.26 Å². The second-order valence-electron chi connectivity index (χ2n) is 8.50. The van der Waals surface area contributed by atoms with Crippen LogP contribution >= 0.6 is 0 Å². The number of carbonyl (C=O) groups is 1. The van der Waals surface area contributed by atoms with Crippen molar-refractivity contribution < 1.29 is 13.6 Å². The number of amides is 1. The SMILES string of the molecule is CC1CN(C(=O)CCC(F)(F)c2ccnc3ccccc23)CC(C)N1c1ccc(C#N)cn1. The molecule has 1 amide bonds. The third kappa shape index (κ3) is 4.63. The predicted molar refractivity (Wildman–Crippen MR) is 122 cm³/mol. The fraction of sp³-hybridized carbons (Fsp3) is 0.360. The second-order valence-corrected chi connectivity index (χ2v) is 8.50. The van der Waals surface area contributed by atoms with Gasteiger partial charge < -0.3 is 9.80 Å². The average Bonchev–Trinajstić information content (AvgIpc) is 2.82. The Hall–Kier alpha value is -3.60. The summed E-state index contributed by atoms with van der Waals surface area (Å²) in [5, 5.41) is 9.37. The molecule has 1 saturated heterocycles. The summed E-state index contributed by atoms with van der Waals surface area (Å²) in [6, 6.07) is 13.6. The Kier molecular flexibility index (Phi) is 6.23. The number of alkyl halides is 2. The quantitative estimate of drug-likeness (QED) is 0.574. The fourth-order valence-corrected chi connectivity index (χ4v) is 4.55. The van der Waals surface area contributed by atoms with Crippen LogP contribution in [0, 0.1) is 11.3 Å². The van der Waals surface area contributed by atoms with E-state index < -0.39 is 12.3 Å². The van der Waals surface area contributed by atoms with Gasteiger partial charge in [-0.15, -0.1) is 0 Å². The normalized spacial score (nSPS) is 18.9. The van der Waals surface area contributed by atoms with Crippen molar-refractivity contribution in [2.75, 3.05) is 18.0 Å². The van der Waals surface area contributed by atoms with Gasteiger partial charge in [-0.3, -0.25) is 9.78 Å². The number of rotatable bonds is 5. The molecule has 0 radical (unpaired) electrons. The van der Waals surface area contributed by atoms with Crippen LogP contribution in [-0.2, 0) is 10.7 Å². The van der Waals surface area contributed by atoms with E-state index in [2.05, 4.69) is 20.9 Å². The number of carbonyl (C=O) groups excluding carboxylic acids is 1. The zero-order valence-electron chi connectivity index (χ0n) is 18.6. The predicted octanol–water partition coefficient (Wildman–Crippen LogP) is 4.50. The van der Waals surface area contributed by atoms with Crippen LogP contribution in [0.1, 0.15) is 37.8 Å². The molecule has 33 heavy (non-hydrogen) atoms. The zero-order chi connectivity index (χ0) is 23.6. The molecule has 6 nitrogen and oxygen atoms in total. The molecule has 3 aromatic rings. The van der Waals surface area contributed by atoms with Crippen molar-refractivity contribution in [2.24, 2.45) is 0 Å². The summed E-state index contributed by atoms with van der Waals surface area (Å²) in [4.78, 5) is 25.1. The first kappa shape index (κ1) is 22.6. The lowest BCUT2D eigenvalue weighted by atomic mass is 9.99. The molecule has 1 fully saturated rings. The highest BCUT2D eigenvalue weighted by Gasteiger charge is 2.37. The number of piperazine rings is 1. The smallest absolute Gasteiger partial charge is 0.274 e. The number of hydrogen-bond acceptors (Lipinski definition) is 5. The van der Waals surface area contributed by atoms with Gasteiger partial charge in [0.2, 0.25) is 5.91 Å². The minimum Gasteiger partial charge on any atom is -0.348 e. The van der Waals surface area contributed by atoms with E-state index in [1.165, 1.54) is 18.5 Å². The molecular formula is C25H25F2N5O. The number of nitrogens with zero attached hydrogens (tertiary/aromatic N) is 5. The largest absolute Gasteiger partial charge is 0.348 e. The lowest BCUT2D eigenvalue weighted by molar-refractivity contribution is -0.134. The number of anilines is 1. The van der Waals surface area contributed by atoms with Crippen molar-refractivity contribution in [2.45, 2.75) is 44.7 Å². The number of hydrogen-bond donors (Lipinski definition) is 0. The number of nitriles is 1. The van der Waals surface area contributed by atoms with Crippen molar-refractivity contribution in [1.82, 2.24) is 14.9 Å². The highest BCUT2D eigenvalue weighted by Crippen LogP contribution is 2.37. The number of para-hydroxylation sites is 1. The van der Waals surface area contributed by atoms with Gasteiger partial charge in [0.15, 0.2) is 0 Å². The Morgan fingerprint density at radius 2 is 1.85 bits per heavy atom. The molecular weight excluding hydrogens is 424 g/mol. The Labute approximate surface area is 191 Å². The molecule has 0 aliphatic carbocycles. The third-order valence-corrected chi connectivity index (χ3v) is 6.11. The van der Waals surface area contributed by atoms with Crippen molar-refractivity contribution >= 4 is 22.6 Å². The van der Waals surface area contributed by atoms with Crippen molar-refractivity contribution in [3.05, 3.63) is 66.0 Å². The maximum Gasteiger partial charge on any atom is 0.274 e. The Bertz CT molecular complexity index is 1170. The third-order valence-electron chi connectivity index (χ3n) is 6.11. The molecule has 1 aromatic carbocycles. The standard InChI is InChI=1S/C25H25F2N5O/c1-17-15-31(16-18(2)32(17)23-8-7-19(13-28)14-30-23)24(33)9-11-25(26,27)21-10-12-29-22-6-4-3-5-20(21)22/h3-8,10,12,14,17-18H,9,11,15-16H2,1-2H3. The number of aromatic nitrogens is 2. The highest BCUT2D eigenvalue weighted by molar-refractivity contribution is 5.83. The maximum atomic E-state index is 15.1. The van der Waals surface area contributed by atoms with Gasteiger partial charge >= 0.3 is 0 Å². The Morgan fingerprint density at radius 1 is 1.12 bits per heavy atom. The second kappa shape index (κ2) is 9.10. The summed E-state index contributed by atoms with van der Waals surface area (Å²) in [6.07, 6.45) is 2.11. The molecule has 2 aromatic heterocycles. The van der Waals surface area contributed by atoms with Gasteiger partial charge in [0, 0.05) is 61.4 Å². The average molecular weight is 450 g/mol. The number of halogens is 2. The molecule has 0 N–H and O–H groups in total. The summed E-state index contributed by atoms with van der Waals surface area (Å²) in [5.74, 6) is -2.68. The van der Waals surface area contributed by atoms with Gasteiger partial charge in [0.1, 0.15) is 11.9 Å². The van der Waals surface area contributed by atoms with Crippen LogP contribution in [0.25, 0.3) is 10.9 Å². The number of pyridine rings is 2. The van der Waals surface area contributed by atoms with Crippen LogP contribution in [0.15, 0.2) is 54.9 Å². The zero-order valence-corrected chi connectivity index (χ0v) is 18.6. The molecule has 1 aliphatic heterocycles. The van der Waals surface area contributed by atoms with Gasteiger partial charge in [-0.25, -0.2) is 13.8 Å². The highest BCUT2D eigenvalue weighted by atomic mass is 19.3. The van der Waals surface area contributed by atoms with E-state index in [1.807, 2.05) is 13.8 Å². The first-order valence-corrected chi connectivity index (χ1v) is 10.9. The number of benzene rings is 1. The van der Waals surface area contributed by atoms with E-state index in [4.69, 9.17) is 5.26 Å². The molecule has 2 atom stereocenters. The molecule has 1 aliphatic rings. The van der Waals surface area contributed by atoms with E-state index in [-0.39, 0.29) is 30.0 Å². The van der Waals surface area contributed by atoms with Crippen LogP contribution in [0.5, 0.6) is 0 Å². The molecule has 2 unspecified atom stereocenters. The van der Waals surface area contributed by atoms with Crippen LogP contribution < -0.4 is 4.90 Å². The number of fused-ring (bicyclic) bond motifs is 1. The van der Waals surface area contributed by atoms with E-state index in [9.17, 15) is 4.79 Å². The first-order chi connectivity index (χ1) is 15.8. The van der Waals surface area contributed by atoms with E-state index in [0.717, 1.165) is 5.82 Å². The van der Waals surface area contributed by atoms with Gasteiger partial charge in [-0.05, 0) is 38.1 Å². The van der Waals surface area contributed by atoms with Gasteiger partial charge in [-0.1, -0.05) is 18.2 Å². The molecule has 3 heterocycles. The van der Waals surface area contributed by atoms with Crippen molar-refractivity contribution in [3.8, 4) is 6.07 Å². The van der Waals surface area contributed by atoms with E-state index in [0.29, 0.717) is 29.6 Å². The van der Waals surface area contributed by atoms with Gasteiger partial charge in [-0.2, -0.15) is 5.26 Å². The van der Waals surface area contributed by atoms with Crippen molar-refractivity contribution in [3.63, 3.8) is 0 Å². The van der Waals surface area contributed by atoms with Crippen LogP contribution in [0.2, 0.25) is 0 Å². The monoisotopic (exact) mass is 449 g/mol. The first-order valence-electron chi connectivity index (χ1n) is 10.9. The Balaban J connectivity index is 1.42. The van der Waals surface area contributed by atoms with E-state index >= 15 is 8.78 Å². The van der Waals surface area contributed by atoms with Crippen LogP contribution in [0.4, 0.5) is 14.6 Å². The summed E-state index contributed by atoms with van der Waals surface area (Å²) < 4.78 is 30.1. The lowest BCUT2D eigenvalue weighted by Gasteiger charge is -2.45. The van der Waals surface area contributed by atoms with Crippen LogP contribution in [-0.4, -0.2) is 45.9 Å². The Morgan fingerprint density at radius 3 is 2.52 bits per heavy atom. The molecule has 0 bridgehead atoms. The lowest BCUT2D eigenvalue weighted by Crippen LogP contribution is -2.58. The van der Waals surface area contributed by atoms with E-state index in [1.54, 1.807) is 41.3 Å². The minimum atomic E-state index is -3.14. The topological polar surface area (TPSA) is 73.1 Å². The summed E-state index contributed by atoms with van der Waals surface area (Å²) in [6.45, 7) is 4.81. The molecule has 0 saturated carbocycles. The minimum absolute atomic E-state index is 0.0391. The summed E-state index contributed by atoms with van der Waals surface area (Å²) in [7, 11) is 0. The molecule has 0 spiro atoms.